The maximum absolute atomic E-state index is 14.5. The number of amides is 2. The largest absolute Gasteiger partial charge is 0.417 e. The molecule has 7 nitrogen and oxygen atoms in total. The lowest BCUT2D eigenvalue weighted by atomic mass is 9.93. The van der Waals surface area contributed by atoms with Crippen molar-refractivity contribution >= 4 is 29.4 Å². The summed E-state index contributed by atoms with van der Waals surface area (Å²) in [7, 11) is 0. The van der Waals surface area contributed by atoms with Gasteiger partial charge in [0.2, 0.25) is 5.91 Å². The molecule has 1 aromatic heterocycles. The predicted molar refractivity (Wildman–Crippen MR) is 153 cm³/mol. The molecule has 0 unspecified atom stereocenters. The van der Waals surface area contributed by atoms with Gasteiger partial charge in [-0.2, -0.15) is 13.2 Å². The average molecular weight is 637 g/mol. The SMILES string of the molecule is CCN(C(=O)Oc1ccc(F)cc1)[C@@H]1CN(C(=O)C2CCN(c3ccc(C(F)(F)F)cn3)CC2)C[C@H]1c1ccc(Cl)c(F)c1. The number of aromatic nitrogens is 1. The molecular formula is C31H30ClF5N4O3. The third-order valence-electron chi connectivity index (χ3n) is 8.21. The van der Waals surface area contributed by atoms with Crippen molar-refractivity contribution in [2.45, 2.75) is 37.9 Å². The molecule has 0 bridgehead atoms. The summed E-state index contributed by atoms with van der Waals surface area (Å²) in [5, 5.41) is -0.0476. The van der Waals surface area contributed by atoms with Gasteiger partial charge in [-0.1, -0.05) is 17.7 Å². The molecule has 0 saturated carbocycles. The normalized spacial score (nSPS) is 19.2. The number of pyridine rings is 1. The molecule has 2 aromatic carbocycles. The fraction of sp³-hybridized carbons (Fsp3) is 0.387. The third kappa shape index (κ3) is 6.90. The van der Waals surface area contributed by atoms with Crippen molar-refractivity contribution in [2.24, 2.45) is 5.92 Å². The van der Waals surface area contributed by atoms with E-state index >= 15 is 0 Å². The Hall–Kier alpha value is -3.93. The second-order valence-electron chi connectivity index (χ2n) is 10.9. The fourth-order valence-electron chi connectivity index (χ4n) is 5.87. The number of halogens is 6. The number of piperidine rings is 1. The summed E-state index contributed by atoms with van der Waals surface area (Å²) in [6, 6.07) is 11.2. The molecule has 2 atom stereocenters. The zero-order valence-corrected chi connectivity index (χ0v) is 24.5. The van der Waals surface area contributed by atoms with E-state index in [0.717, 1.165) is 12.3 Å². The van der Waals surface area contributed by atoms with Gasteiger partial charge in [0.15, 0.2) is 0 Å². The van der Waals surface area contributed by atoms with Gasteiger partial charge in [0.25, 0.3) is 0 Å². The molecule has 3 heterocycles. The Bertz CT molecular complexity index is 1480. The minimum absolute atomic E-state index is 0.0476. The van der Waals surface area contributed by atoms with Crippen molar-refractivity contribution < 1.29 is 36.3 Å². The Morgan fingerprint density at radius 2 is 1.73 bits per heavy atom. The van der Waals surface area contributed by atoms with E-state index in [4.69, 9.17) is 16.3 Å². The first kappa shape index (κ1) is 31.5. The number of alkyl halides is 3. The van der Waals surface area contributed by atoms with Gasteiger partial charge in [-0.25, -0.2) is 18.6 Å². The molecule has 2 fully saturated rings. The first-order valence-electron chi connectivity index (χ1n) is 14.2. The molecular weight excluding hydrogens is 607 g/mol. The van der Waals surface area contributed by atoms with E-state index < -0.39 is 41.4 Å². The van der Waals surface area contributed by atoms with Crippen LogP contribution in [-0.2, 0) is 11.0 Å². The van der Waals surface area contributed by atoms with E-state index in [1.807, 2.05) is 4.90 Å². The number of nitrogens with zero attached hydrogens (tertiary/aromatic N) is 4. The summed E-state index contributed by atoms with van der Waals surface area (Å²) in [6.45, 7) is 3.27. The summed E-state index contributed by atoms with van der Waals surface area (Å²) in [5.41, 5.74) is -0.254. The summed E-state index contributed by atoms with van der Waals surface area (Å²) in [4.78, 5) is 36.0. The molecule has 2 aliphatic heterocycles. The molecule has 0 radical (unpaired) electrons. The zero-order valence-electron chi connectivity index (χ0n) is 23.7. The van der Waals surface area contributed by atoms with Gasteiger partial charge in [0.1, 0.15) is 23.2 Å². The van der Waals surface area contributed by atoms with Crippen LogP contribution in [0.1, 0.15) is 36.8 Å². The number of rotatable bonds is 6. The van der Waals surface area contributed by atoms with E-state index in [2.05, 4.69) is 4.98 Å². The van der Waals surface area contributed by atoms with E-state index in [1.165, 1.54) is 47.4 Å². The molecule has 0 aliphatic carbocycles. The van der Waals surface area contributed by atoms with E-state index in [0.29, 0.717) is 37.3 Å². The highest BCUT2D eigenvalue weighted by Gasteiger charge is 2.43. The molecule has 5 rings (SSSR count). The molecule has 2 amide bonds. The van der Waals surface area contributed by atoms with Crippen molar-refractivity contribution in [2.75, 3.05) is 37.6 Å². The number of carbonyl (C=O) groups excluding carboxylic acids is 2. The zero-order chi connectivity index (χ0) is 31.6. The van der Waals surface area contributed by atoms with Crippen LogP contribution in [0.25, 0.3) is 0 Å². The van der Waals surface area contributed by atoms with Crippen LogP contribution in [0.15, 0.2) is 60.8 Å². The molecule has 2 saturated heterocycles. The van der Waals surface area contributed by atoms with Gasteiger partial charge < -0.3 is 19.4 Å². The summed E-state index contributed by atoms with van der Waals surface area (Å²) < 4.78 is 72.1. The average Bonchev–Trinajstić information content (AvgIpc) is 3.44. The van der Waals surface area contributed by atoms with E-state index in [9.17, 15) is 31.5 Å². The van der Waals surface area contributed by atoms with Gasteiger partial charge in [0.05, 0.1) is 16.6 Å². The molecule has 0 spiro atoms. The minimum atomic E-state index is -4.47. The van der Waals surface area contributed by atoms with Crippen LogP contribution in [0.3, 0.4) is 0 Å². The summed E-state index contributed by atoms with van der Waals surface area (Å²) in [6.07, 6.45) is -3.42. The maximum Gasteiger partial charge on any atom is 0.417 e. The fourth-order valence-corrected chi connectivity index (χ4v) is 5.99. The van der Waals surface area contributed by atoms with Crippen LogP contribution in [-0.4, -0.2) is 65.5 Å². The van der Waals surface area contributed by atoms with E-state index in [1.54, 1.807) is 17.9 Å². The standard InChI is InChI=1S/C31H30ClF5N4O3/c1-2-41(30(43)44-23-7-5-22(33)6-8-23)27-18-40(17-24(27)20-3-9-25(32)26(34)15-20)29(42)19-11-13-39(14-12-19)28-10-4-21(16-38-28)31(35,36)37/h3-10,15-16,19,24,27H,2,11-14,17-18H2,1H3/t24-,27+/m0/s1. The van der Waals surface area contributed by atoms with Crippen LogP contribution < -0.4 is 9.64 Å². The van der Waals surface area contributed by atoms with Gasteiger partial charge in [-0.3, -0.25) is 4.79 Å². The molecule has 3 aromatic rings. The Balaban J connectivity index is 1.30. The number of likely N-dealkylation sites (tertiary alicyclic amines) is 1. The van der Waals surface area contributed by atoms with Crippen molar-refractivity contribution in [3.63, 3.8) is 0 Å². The third-order valence-corrected chi connectivity index (χ3v) is 8.52. The molecule has 13 heteroatoms. The quantitative estimate of drug-likeness (QED) is 0.280. The van der Waals surface area contributed by atoms with Gasteiger partial charge >= 0.3 is 12.3 Å². The number of anilines is 1. The number of ether oxygens (including phenoxy) is 1. The highest BCUT2D eigenvalue weighted by molar-refractivity contribution is 6.30. The van der Waals surface area contributed by atoms with Crippen LogP contribution in [0.5, 0.6) is 5.75 Å². The second-order valence-corrected chi connectivity index (χ2v) is 11.3. The smallest absolute Gasteiger partial charge is 0.410 e. The molecule has 2 aliphatic rings. The van der Waals surface area contributed by atoms with Crippen LogP contribution in [0.2, 0.25) is 5.02 Å². The lowest BCUT2D eigenvalue weighted by molar-refractivity contribution is -0.138. The maximum atomic E-state index is 14.5. The van der Waals surface area contributed by atoms with Gasteiger partial charge in [-0.05, 0) is 73.9 Å². The topological polar surface area (TPSA) is 66.0 Å². The van der Waals surface area contributed by atoms with Gasteiger partial charge in [-0.15, -0.1) is 0 Å². The van der Waals surface area contributed by atoms with Crippen molar-refractivity contribution in [3.8, 4) is 5.75 Å². The summed E-state index contributed by atoms with van der Waals surface area (Å²) >= 11 is 5.92. The van der Waals surface area contributed by atoms with Crippen molar-refractivity contribution in [1.29, 1.82) is 0 Å². The van der Waals surface area contributed by atoms with Crippen molar-refractivity contribution in [1.82, 2.24) is 14.8 Å². The molecule has 0 N–H and O–H groups in total. The first-order chi connectivity index (χ1) is 20.9. The number of benzene rings is 2. The Morgan fingerprint density at radius 1 is 1.02 bits per heavy atom. The predicted octanol–water partition coefficient (Wildman–Crippen LogP) is 6.76. The Morgan fingerprint density at radius 3 is 2.32 bits per heavy atom. The number of hydrogen-bond acceptors (Lipinski definition) is 5. The highest BCUT2D eigenvalue weighted by Crippen LogP contribution is 2.36. The van der Waals surface area contributed by atoms with Gasteiger partial charge in [0, 0.05) is 50.8 Å². The number of carbonyl (C=O) groups is 2. The lowest BCUT2D eigenvalue weighted by Gasteiger charge is -2.34. The van der Waals surface area contributed by atoms with E-state index in [-0.39, 0.29) is 42.2 Å². The van der Waals surface area contributed by atoms with Crippen LogP contribution >= 0.6 is 11.6 Å². The number of hydrogen-bond donors (Lipinski definition) is 0. The highest BCUT2D eigenvalue weighted by atomic mass is 35.5. The molecule has 234 valence electrons. The monoisotopic (exact) mass is 636 g/mol. The Labute approximate surface area is 256 Å². The van der Waals surface area contributed by atoms with Crippen molar-refractivity contribution in [3.05, 3.63) is 88.6 Å². The minimum Gasteiger partial charge on any atom is -0.410 e. The lowest BCUT2D eigenvalue weighted by Crippen LogP contribution is -2.47. The number of likely N-dealkylation sites (N-methyl/N-ethyl adjacent to an activating group) is 1. The second kappa shape index (κ2) is 13.0. The van der Waals surface area contributed by atoms with Crippen LogP contribution in [0, 0.1) is 17.6 Å². The Kier molecular flexibility index (Phi) is 9.28. The first-order valence-corrected chi connectivity index (χ1v) is 14.6. The van der Waals surface area contributed by atoms with Crippen LogP contribution in [0.4, 0.5) is 32.6 Å². The summed E-state index contributed by atoms with van der Waals surface area (Å²) in [5.74, 6) is -1.43. The molecule has 44 heavy (non-hydrogen) atoms.